The fourth-order valence-electron chi connectivity index (χ4n) is 4.45. The normalized spacial score (nSPS) is 24.6. The highest BCUT2D eigenvalue weighted by Gasteiger charge is 2.52. The van der Waals surface area contributed by atoms with Gasteiger partial charge in [0.2, 0.25) is 5.91 Å². The van der Waals surface area contributed by atoms with Gasteiger partial charge in [-0.2, -0.15) is 0 Å². The van der Waals surface area contributed by atoms with E-state index in [-0.39, 0.29) is 30.5 Å². The standard InChI is InChI=1S/C21H23ClN2O2/c1-2-20(26)24-12-18-21(15-8-4-6-10-17(15)24)19(13-25)23(18)11-14-7-3-5-9-16(14)22/h3-10,18-19,21,25H,2,11-13H2,1H3/t18-,19-,21+/m0/s1. The number of hydrogen-bond acceptors (Lipinski definition) is 3. The zero-order chi connectivity index (χ0) is 18.3. The van der Waals surface area contributed by atoms with Gasteiger partial charge in [0.05, 0.1) is 6.61 Å². The van der Waals surface area contributed by atoms with Gasteiger partial charge in [-0.05, 0) is 23.3 Å². The molecular weight excluding hydrogens is 348 g/mol. The van der Waals surface area contributed by atoms with Crippen molar-refractivity contribution in [2.75, 3.05) is 18.1 Å². The molecule has 1 amide bonds. The number of hydrogen-bond donors (Lipinski definition) is 1. The highest BCUT2D eigenvalue weighted by molar-refractivity contribution is 6.31. The zero-order valence-electron chi connectivity index (χ0n) is 14.8. The van der Waals surface area contributed by atoms with Crippen LogP contribution >= 0.6 is 11.6 Å². The summed E-state index contributed by atoms with van der Waals surface area (Å²) in [6.45, 7) is 3.34. The maximum Gasteiger partial charge on any atom is 0.226 e. The first-order valence-electron chi connectivity index (χ1n) is 9.15. The van der Waals surface area contributed by atoms with Crippen LogP contribution in [0.3, 0.4) is 0 Å². The van der Waals surface area contributed by atoms with Crippen molar-refractivity contribution in [2.45, 2.75) is 37.9 Å². The van der Waals surface area contributed by atoms with Crippen LogP contribution < -0.4 is 4.90 Å². The Morgan fingerprint density at radius 3 is 2.65 bits per heavy atom. The third kappa shape index (κ3) is 2.73. The molecule has 0 unspecified atom stereocenters. The number of aliphatic hydroxyl groups is 1. The maximum absolute atomic E-state index is 12.5. The number of rotatable bonds is 4. The third-order valence-electron chi connectivity index (χ3n) is 5.74. The van der Waals surface area contributed by atoms with Crippen LogP contribution in [0.5, 0.6) is 0 Å². The van der Waals surface area contributed by atoms with E-state index in [9.17, 15) is 9.90 Å². The van der Waals surface area contributed by atoms with Crippen LogP contribution in [0.2, 0.25) is 5.02 Å². The van der Waals surface area contributed by atoms with E-state index in [0.29, 0.717) is 19.5 Å². The van der Waals surface area contributed by atoms with Gasteiger partial charge in [0.25, 0.3) is 0 Å². The quantitative estimate of drug-likeness (QED) is 0.896. The van der Waals surface area contributed by atoms with Gasteiger partial charge >= 0.3 is 0 Å². The van der Waals surface area contributed by atoms with E-state index in [1.54, 1.807) is 0 Å². The summed E-state index contributed by atoms with van der Waals surface area (Å²) >= 11 is 6.34. The minimum atomic E-state index is 0.0521. The highest BCUT2D eigenvalue weighted by atomic mass is 35.5. The summed E-state index contributed by atoms with van der Waals surface area (Å²) in [5, 5.41) is 10.8. The van der Waals surface area contributed by atoms with Crippen molar-refractivity contribution < 1.29 is 9.90 Å². The number of amides is 1. The highest BCUT2D eigenvalue weighted by Crippen LogP contribution is 2.48. The molecule has 1 N–H and O–H groups in total. The van der Waals surface area contributed by atoms with Gasteiger partial charge in [-0.25, -0.2) is 0 Å². The number of likely N-dealkylation sites (tertiary alicyclic amines) is 1. The Bertz CT molecular complexity index is 825. The largest absolute Gasteiger partial charge is 0.395 e. The predicted molar refractivity (Wildman–Crippen MR) is 103 cm³/mol. The molecule has 1 saturated heterocycles. The van der Waals surface area contributed by atoms with Crippen LogP contribution in [0.15, 0.2) is 48.5 Å². The lowest BCUT2D eigenvalue weighted by atomic mass is 9.71. The molecule has 136 valence electrons. The number of para-hydroxylation sites is 1. The number of carbonyl (C=O) groups excluding carboxylic acids is 1. The molecular formula is C21H23ClN2O2. The minimum Gasteiger partial charge on any atom is -0.395 e. The van der Waals surface area contributed by atoms with Gasteiger partial charge in [0.15, 0.2) is 0 Å². The Balaban J connectivity index is 1.68. The number of aliphatic hydroxyl groups excluding tert-OH is 1. The van der Waals surface area contributed by atoms with E-state index in [1.807, 2.05) is 54.3 Å². The van der Waals surface area contributed by atoms with Crippen molar-refractivity contribution in [3.63, 3.8) is 0 Å². The summed E-state index contributed by atoms with van der Waals surface area (Å²) < 4.78 is 0. The lowest BCUT2D eigenvalue weighted by Gasteiger charge is -2.59. The Hall–Kier alpha value is -1.88. The van der Waals surface area contributed by atoms with Crippen LogP contribution in [0.25, 0.3) is 0 Å². The molecule has 0 saturated carbocycles. The lowest BCUT2D eigenvalue weighted by Crippen LogP contribution is -2.68. The number of halogens is 1. The summed E-state index contributed by atoms with van der Waals surface area (Å²) in [4.78, 5) is 16.7. The average molecular weight is 371 g/mol. The topological polar surface area (TPSA) is 43.8 Å². The van der Waals surface area contributed by atoms with E-state index >= 15 is 0 Å². The Morgan fingerprint density at radius 2 is 1.92 bits per heavy atom. The summed E-state index contributed by atoms with van der Waals surface area (Å²) in [7, 11) is 0. The first-order chi connectivity index (χ1) is 12.7. The molecule has 2 aromatic carbocycles. The molecule has 4 nitrogen and oxygen atoms in total. The molecule has 0 aromatic heterocycles. The predicted octanol–water partition coefficient (Wildman–Crippen LogP) is 3.43. The number of benzene rings is 2. The van der Waals surface area contributed by atoms with E-state index < -0.39 is 0 Å². The zero-order valence-corrected chi connectivity index (χ0v) is 15.6. The molecule has 2 aliphatic rings. The second kappa shape index (κ2) is 7.03. The molecule has 1 fully saturated rings. The van der Waals surface area contributed by atoms with Gasteiger partial charge in [-0.3, -0.25) is 9.69 Å². The molecule has 0 radical (unpaired) electrons. The van der Waals surface area contributed by atoms with Crippen LogP contribution in [0, 0.1) is 0 Å². The SMILES string of the molecule is CCC(=O)N1C[C@H]2[C@@H](c3ccccc31)[C@H](CO)N2Cc1ccccc1Cl. The molecule has 3 atom stereocenters. The van der Waals surface area contributed by atoms with Crippen molar-refractivity contribution >= 4 is 23.2 Å². The molecule has 0 spiro atoms. The Kier molecular flexibility index (Phi) is 4.74. The number of anilines is 1. The van der Waals surface area contributed by atoms with Gasteiger partial charge < -0.3 is 10.0 Å². The third-order valence-corrected chi connectivity index (χ3v) is 6.11. The van der Waals surface area contributed by atoms with Crippen molar-refractivity contribution in [3.8, 4) is 0 Å². The second-order valence-electron chi connectivity index (χ2n) is 7.02. The van der Waals surface area contributed by atoms with Crippen LogP contribution in [0.1, 0.15) is 30.4 Å². The Morgan fingerprint density at radius 1 is 1.19 bits per heavy atom. The van der Waals surface area contributed by atoms with Crippen molar-refractivity contribution in [1.29, 1.82) is 0 Å². The maximum atomic E-state index is 12.5. The first kappa shape index (κ1) is 17.5. The second-order valence-corrected chi connectivity index (χ2v) is 7.43. The summed E-state index contributed by atoms with van der Waals surface area (Å²) in [5.74, 6) is 0.389. The molecule has 2 heterocycles. The molecule has 5 heteroatoms. The number of fused-ring (bicyclic) bond motifs is 3. The lowest BCUT2D eigenvalue weighted by molar-refractivity contribution is -0.119. The number of carbonyl (C=O) groups is 1. The molecule has 2 aromatic rings. The monoisotopic (exact) mass is 370 g/mol. The first-order valence-corrected chi connectivity index (χ1v) is 9.52. The van der Waals surface area contributed by atoms with E-state index in [4.69, 9.17) is 11.6 Å². The van der Waals surface area contributed by atoms with E-state index in [1.165, 1.54) is 5.56 Å². The van der Waals surface area contributed by atoms with Crippen LogP contribution in [-0.4, -0.2) is 41.1 Å². The fourth-order valence-corrected chi connectivity index (χ4v) is 4.65. The molecule has 0 bridgehead atoms. The minimum absolute atomic E-state index is 0.0521. The Labute approximate surface area is 159 Å². The van der Waals surface area contributed by atoms with Crippen molar-refractivity contribution in [3.05, 3.63) is 64.7 Å². The van der Waals surface area contributed by atoms with Crippen LogP contribution in [-0.2, 0) is 11.3 Å². The molecule has 0 aliphatic carbocycles. The summed E-state index contributed by atoms with van der Waals surface area (Å²) in [6.07, 6.45) is 0.486. The van der Waals surface area contributed by atoms with Gasteiger partial charge in [-0.1, -0.05) is 54.9 Å². The van der Waals surface area contributed by atoms with E-state index in [0.717, 1.165) is 16.3 Å². The average Bonchev–Trinajstić information content (AvgIpc) is 2.66. The van der Waals surface area contributed by atoms with Crippen molar-refractivity contribution in [2.24, 2.45) is 0 Å². The smallest absolute Gasteiger partial charge is 0.226 e. The van der Waals surface area contributed by atoms with Gasteiger partial charge in [0.1, 0.15) is 0 Å². The van der Waals surface area contributed by atoms with Crippen LogP contribution in [0.4, 0.5) is 5.69 Å². The van der Waals surface area contributed by atoms with Gasteiger partial charge in [0, 0.05) is 48.2 Å². The number of nitrogens with zero attached hydrogens (tertiary/aromatic N) is 2. The van der Waals surface area contributed by atoms with Gasteiger partial charge in [-0.15, -0.1) is 0 Å². The summed E-state index contributed by atoms with van der Waals surface area (Å²) in [6, 6.07) is 16.2. The molecule has 4 rings (SSSR count). The fraction of sp³-hybridized carbons (Fsp3) is 0.381. The summed E-state index contributed by atoms with van der Waals surface area (Å²) in [5.41, 5.74) is 3.22. The van der Waals surface area contributed by atoms with E-state index in [2.05, 4.69) is 11.0 Å². The molecule has 2 aliphatic heterocycles. The molecule has 26 heavy (non-hydrogen) atoms. The van der Waals surface area contributed by atoms with Crippen molar-refractivity contribution in [1.82, 2.24) is 4.90 Å².